The third-order valence-electron chi connectivity index (χ3n) is 3.22. The van der Waals surface area contributed by atoms with E-state index in [1.807, 2.05) is 7.05 Å². The van der Waals surface area contributed by atoms with Crippen LogP contribution in [0.5, 0.6) is 0 Å². The number of nitrogens with one attached hydrogen (secondary N) is 1. The molecule has 0 spiro atoms. The lowest BCUT2D eigenvalue weighted by Crippen LogP contribution is -2.28. The highest BCUT2D eigenvalue weighted by Crippen LogP contribution is 2.43. The van der Waals surface area contributed by atoms with E-state index in [1.165, 1.54) is 25.7 Å². The van der Waals surface area contributed by atoms with Crippen molar-refractivity contribution in [3.8, 4) is 0 Å². The van der Waals surface area contributed by atoms with Crippen LogP contribution in [-0.4, -0.2) is 26.8 Å². The Kier molecular flexibility index (Phi) is 4.60. The molecule has 1 aliphatic heterocycles. The van der Waals surface area contributed by atoms with Crippen LogP contribution >= 0.6 is 0 Å². The van der Waals surface area contributed by atoms with Gasteiger partial charge in [-0.2, -0.15) is 0 Å². The molecule has 0 aliphatic carbocycles. The maximum atomic E-state index is 5.62. The van der Waals surface area contributed by atoms with Crippen molar-refractivity contribution >= 4 is 0 Å². The van der Waals surface area contributed by atoms with Crippen molar-refractivity contribution in [2.24, 2.45) is 10.8 Å². The zero-order valence-electron chi connectivity index (χ0n) is 10.9. The molecule has 1 fully saturated rings. The Balaban J connectivity index is 2.46. The largest absolute Gasteiger partial charge is 0.381 e. The number of rotatable bonds is 5. The molecule has 0 bridgehead atoms. The molecular formula is C13H27NO. The van der Waals surface area contributed by atoms with E-state index in [0.717, 1.165) is 19.8 Å². The molecule has 1 aliphatic rings. The van der Waals surface area contributed by atoms with Crippen LogP contribution in [0.4, 0.5) is 0 Å². The second kappa shape index (κ2) is 5.31. The van der Waals surface area contributed by atoms with Crippen LogP contribution in [0.3, 0.4) is 0 Å². The Morgan fingerprint density at radius 1 is 1.33 bits per heavy atom. The van der Waals surface area contributed by atoms with Crippen LogP contribution in [0.1, 0.15) is 46.5 Å². The van der Waals surface area contributed by atoms with E-state index < -0.39 is 0 Å². The molecule has 0 radical (unpaired) electrons. The molecule has 0 aromatic carbocycles. The van der Waals surface area contributed by atoms with Gasteiger partial charge in [0.25, 0.3) is 0 Å². The Morgan fingerprint density at radius 2 is 2.07 bits per heavy atom. The van der Waals surface area contributed by atoms with Crippen LogP contribution in [0.15, 0.2) is 0 Å². The van der Waals surface area contributed by atoms with Gasteiger partial charge in [0.05, 0.1) is 6.61 Å². The quantitative estimate of drug-likeness (QED) is 0.709. The van der Waals surface area contributed by atoms with E-state index in [1.54, 1.807) is 0 Å². The first-order valence-corrected chi connectivity index (χ1v) is 6.20. The van der Waals surface area contributed by atoms with Crippen LogP contribution < -0.4 is 5.32 Å². The van der Waals surface area contributed by atoms with E-state index in [4.69, 9.17) is 4.74 Å². The summed E-state index contributed by atoms with van der Waals surface area (Å²) < 4.78 is 5.62. The second-order valence-electron chi connectivity index (χ2n) is 6.25. The van der Waals surface area contributed by atoms with Gasteiger partial charge in [-0.15, -0.1) is 0 Å². The smallest absolute Gasteiger partial charge is 0.0523 e. The van der Waals surface area contributed by atoms with Crippen LogP contribution in [-0.2, 0) is 4.74 Å². The zero-order chi connectivity index (χ0) is 11.4. The highest BCUT2D eigenvalue weighted by Gasteiger charge is 2.37. The van der Waals surface area contributed by atoms with Crippen molar-refractivity contribution in [1.82, 2.24) is 5.32 Å². The topological polar surface area (TPSA) is 21.3 Å². The molecule has 0 aromatic heterocycles. The van der Waals surface area contributed by atoms with Crippen molar-refractivity contribution < 1.29 is 4.74 Å². The van der Waals surface area contributed by atoms with E-state index in [0.29, 0.717) is 10.8 Å². The molecule has 90 valence electrons. The minimum Gasteiger partial charge on any atom is -0.381 e. The summed E-state index contributed by atoms with van der Waals surface area (Å²) in [6.45, 7) is 10.1. The van der Waals surface area contributed by atoms with Gasteiger partial charge in [0, 0.05) is 6.61 Å². The minimum absolute atomic E-state index is 0.424. The lowest BCUT2D eigenvalue weighted by Gasteiger charge is -2.34. The summed E-state index contributed by atoms with van der Waals surface area (Å²) >= 11 is 0. The molecule has 15 heavy (non-hydrogen) atoms. The molecule has 0 aromatic rings. The Bertz CT molecular complexity index is 177. The van der Waals surface area contributed by atoms with E-state index in [-0.39, 0.29) is 0 Å². The molecule has 2 nitrogen and oxygen atoms in total. The molecular weight excluding hydrogens is 186 g/mol. The molecule has 1 atom stereocenters. The van der Waals surface area contributed by atoms with E-state index >= 15 is 0 Å². The third kappa shape index (κ3) is 4.52. The Labute approximate surface area is 94.8 Å². The summed E-state index contributed by atoms with van der Waals surface area (Å²) in [5.41, 5.74) is 0.891. The summed E-state index contributed by atoms with van der Waals surface area (Å²) in [4.78, 5) is 0. The van der Waals surface area contributed by atoms with Gasteiger partial charge in [-0.3, -0.25) is 0 Å². The fourth-order valence-corrected chi connectivity index (χ4v) is 2.84. The average molecular weight is 213 g/mol. The SMILES string of the molecule is CNCCCC1(CC(C)(C)C)CCOC1. The maximum Gasteiger partial charge on any atom is 0.0523 e. The van der Waals surface area contributed by atoms with Gasteiger partial charge in [0.1, 0.15) is 0 Å². The molecule has 1 unspecified atom stereocenters. The molecule has 0 amide bonds. The lowest BCUT2D eigenvalue weighted by atomic mass is 9.71. The highest BCUT2D eigenvalue weighted by atomic mass is 16.5. The first-order valence-electron chi connectivity index (χ1n) is 6.20. The molecule has 1 N–H and O–H groups in total. The third-order valence-corrected chi connectivity index (χ3v) is 3.22. The normalized spacial score (nSPS) is 27.2. The number of hydrogen-bond donors (Lipinski definition) is 1. The maximum absolute atomic E-state index is 5.62. The number of hydrogen-bond acceptors (Lipinski definition) is 2. The zero-order valence-corrected chi connectivity index (χ0v) is 10.9. The monoisotopic (exact) mass is 213 g/mol. The van der Waals surface area contributed by atoms with Gasteiger partial charge >= 0.3 is 0 Å². The molecule has 2 heteroatoms. The summed E-state index contributed by atoms with van der Waals surface area (Å²) in [6, 6.07) is 0. The van der Waals surface area contributed by atoms with E-state index in [9.17, 15) is 0 Å². The van der Waals surface area contributed by atoms with Gasteiger partial charge in [0.15, 0.2) is 0 Å². The first kappa shape index (κ1) is 13.0. The predicted molar refractivity (Wildman–Crippen MR) is 65.1 cm³/mol. The van der Waals surface area contributed by atoms with Crippen molar-refractivity contribution in [3.63, 3.8) is 0 Å². The standard InChI is InChI=1S/C13H27NO/c1-12(2,3)10-13(6-5-8-14-4)7-9-15-11-13/h14H,5-11H2,1-4H3. The predicted octanol–water partition coefficient (Wildman–Crippen LogP) is 2.83. The Morgan fingerprint density at radius 3 is 2.53 bits per heavy atom. The Hall–Kier alpha value is -0.0800. The highest BCUT2D eigenvalue weighted by molar-refractivity contribution is 4.87. The lowest BCUT2D eigenvalue weighted by molar-refractivity contribution is 0.107. The van der Waals surface area contributed by atoms with Gasteiger partial charge in [-0.05, 0) is 50.1 Å². The molecule has 1 saturated heterocycles. The van der Waals surface area contributed by atoms with Crippen molar-refractivity contribution in [2.45, 2.75) is 46.5 Å². The average Bonchev–Trinajstić information content (AvgIpc) is 2.51. The fourth-order valence-electron chi connectivity index (χ4n) is 2.84. The van der Waals surface area contributed by atoms with Gasteiger partial charge in [-0.1, -0.05) is 20.8 Å². The van der Waals surface area contributed by atoms with Crippen molar-refractivity contribution in [2.75, 3.05) is 26.8 Å². The van der Waals surface area contributed by atoms with Gasteiger partial charge in [0.2, 0.25) is 0 Å². The van der Waals surface area contributed by atoms with Crippen molar-refractivity contribution in [1.29, 1.82) is 0 Å². The fraction of sp³-hybridized carbons (Fsp3) is 1.00. The molecule has 0 saturated carbocycles. The summed E-state index contributed by atoms with van der Waals surface area (Å²) in [7, 11) is 2.03. The van der Waals surface area contributed by atoms with Crippen LogP contribution in [0, 0.1) is 10.8 Å². The van der Waals surface area contributed by atoms with Crippen LogP contribution in [0.2, 0.25) is 0 Å². The van der Waals surface area contributed by atoms with Crippen molar-refractivity contribution in [3.05, 3.63) is 0 Å². The second-order valence-corrected chi connectivity index (χ2v) is 6.25. The minimum atomic E-state index is 0.424. The summed E-state index contributed by atoms with van der Waals surface area (Å²) in [6.07, 6.45) is 5.14. The number of ether oxygens (including phenoxy) is 1. The first-order chi connectivity index (χ1) is 6.97. The summed E-state index contributed by atoms with van der Waals surface area (Å²) in [5.74, 6) is 0. The van der Waals surface area contributed by atoms with Gasteiger partial charge < -0.3 is 10.1 Å². The van der Waals surface area contributed by atoms with E-state index in [2.05, 4.69) is 26.1 Å². The van der Waals surface area contributed by atoms with Crippen LogP contribution in [0.25, 0.3) is 0 Å². The summed E-state index contributed by atoms with van der Waals surface area (Å²) in [5, 5.41) is 3.23. The molecule has 1 rings (SSSR count). The van der Waals surface area contributed by atoms with Gasteiger partial charge in [-0.25, -0.2) is 0 Å². The molecule has 1 heterocycles.